The van der Waals surface area contributed by atoms with Crippen LogP contribution in [0.2, 0.25) is 0 Å². The molecule has 0 saturated carbocycles. The fourth-order valence-electron chi connectivity index (χ4n) is 6.74. The summed E-state index contributed by atoms with van der Waals surface area (Å²) < 4.78 is 0. The van der Waals surface area contributed by atoms with Gasteiger partial charge in [-0.2, -0.15) is 0 Å². The summed E-state index contributed by atoms with van der Waals surface area (Å²) in [6, 6.07) is 0. The Morgan fingerprint density at radius 2 is 0.897 bits per heavy atom. The molecule has 4 heterocycles. The van der Waals surface area contributed by atoms with E-state index in [1.165, 1.54) is 78.7 Å². The van der Waals surface area contributed by atoms with Gasteiger partial charge in [-0.25, -0.2) is 9.98 Å². The van der Waals surface area contributed by atoms with E-state index >= 15 is 0 Å². The van der Waals surface area contributed by atoms with Crippen molar-refractivity contribution in [2.24, 2.45) is 0 Å². The molecule has 0 aliphatic carbocycles. The molecule has 208 valence electrons. The van der Waals surface area contributed by atoms with Crippen LogP contribution in [0, 0.1) is 0 Å². The third-order valence-electron chi connectivity index (χ3n) is 8.72. The number of allylic oxidation sites excluding steroid dienone is 4. The molecule has 0 saturated heterocycles. The number of rotatable bonds is 12. The van der Waals surface area contributed by atoms with Crippen LogP contribution in [0.5, 0.6) is 0 Å². The molecule has 2 aromatic rings. The second-order valence-electron chi connectivity index (χ2n) is 10.7. The average molecular weight is 527 g/mol. The molecular weight excluding hydrogens is 476 g/mol. The Balaban J connectivity index is 1.76. The molecule has 2 aliphatic rings. The molecule has 2 aromatic heterocycles. The molecule has 4 heteroatoms. The third-order valence-corrected chi connectivity index (χ3v) is 8.72. The minimum Gasteiger partial charge on any atom is -0.358 e. The molecule has 39 heavy (non-hydrogen) atoms. The Morgan fingerprint density at radius 1 is 0.513 bits per heavy atom. The van der Waals surface area contributed by atoms with E-state index in [-0.39, 0.29) is 0 Å². The Morgan fingerprint density at radius 3 is 1.21 bits per heavy atom. The van der Waals surface area contributed by atoms with E-state index in [0.717, 1.165) is 57.8 Å². The summed E-state index contributed by atoms with van der Waals surface area (Å²) in [7, 11) is 0. The fourth-order valence-corrected chi connectivity index (χ4v) is 6.74. The van der Waals surface area contributed by atoms with Gasteiger partial charge in [-0.05, 0) is 73.6 Å². The smallest absolute Gasteiger partial charge is 0.209 e. The average Bonchev–Trinajstić information content (AvgIpc) is 3.70. The second-order valence-corrected chi connectivity index (χ2v) is 10.7. The highest BCUT2D eigenvalue weighted by Crippen LogP contribution is 2.30. The van der Waals surface area contributed by atoms with Crippen molar-refractivity contribution < 1.29 is 9.98 Å². The summed E-state index contributed by atoms with van der Waals surface area (Å²) >= 11 is 0. The van der Waals surface area contributed by atoms with Crippen LogP contribution < -0.4 is 9.98 Å². The van der Waals surface area contributed by atoms with E-state index in [2.05, 4.69) is 99.9 Å². The molecule has 0 atom stereocenters. The summed E-state index contributed by atoms with van der Waals surface area (Å²) in [5, 5.41) is 0. The van der Waals surface area contributed by atoms with Crippen LogP contribution in [-0.2, 0) is 32.1 Å². The van der Waals surface area contributed by atoms with E-state index in [1.807, 2.05) is 0 Å². The maximum atomic E-state index is 3.89. The van der Waals surface area contributed by atoms with Crippen LogP contribution in [0.15, 0.2) is 33.7 Å². The van der Waals surface area contributed by atoms with Gasteiger partial charge in [0.2, 0.25) is 11.4 Å². The highest BCUT2D eigenvalue weighted by molar-refractivity contribution is 5.81. The van der Waals surface area contributed by atoms with Crippen LogP contribution in [0.1, 0.15) is 126 Å². The minimum absolute atomic E-state index is 0.908. The first-order valence-corrected chi connectivity index (χ1v) is 15.5. The number of aromatic amines is 2. The maximum absolute atomic E-state index is 3.89. The van der Waals surface area contributed by atoms with Crippen LogP contribution >= 0.6 is 0 Å². The summed E-state index contributed by atoms with van der Waals surface area (Å²) in [5.41, 5.74) is 19.4. The van der Waals surface area contributed by atoms with Crippen LogP contribution in [0.4, 0.5) is 0 Å². The van der Waals surface area contributed by atoms with Crippen LogP contribution in [0.25, 0.3) is 12.2 Å². The minimum atomic E-state index is 0.908. The van der Waals surface area contributed by atoms with Crippen molar-refractivity contribution in [2.75, 3.05) is 0 Å². The monoisotopic (exact) mass is 526 g/mol. The first-order valence-electron chi connectivity index (χ1n) is 15.5. The van der Waals surface area contributed by atoms with Gasteiger partial charge in [0.05, 0.1) is 0 Å². The predicted molar refractivity (Wildman–Crippen MR) is 167 cm³/mol. The van der Waals surface area contributed by atoms with Gasteiger partial charge in [-0.15, -0.1) is 0 Å². The molecule has 0 spiro atoms. The molecule has 2 aliphatic heterocycles. The molecule has 0 unspecified atom stereocenters. The lowest BCUT2D eigenvalue weighted by atomic mass is 9.97. The zero-order valence-corrected chi connectivity index (χ0v) is 25.7. The highest BCUT2D eigenvalue weighted by Gasteiger charge is 2.25. The molecule has 0 bridgehead atoms. The van der Waals surface area contributed by atoms with Crippen molar-refractivity contribution in [3.63, 3.8) is 0 Å². The number of hydrogen-bond donors (Lipinski definition) is 4. The lowest BCUT2D eigenvalue weighted by molar-refractivity contribution is -0.381. The molecular formula is C35H50N4+2. The molecule has 0 radical (unpaired) electrons. The molecule has 0 amide bonds. The van der Waals surface area contributed by atoms with Crippen molar-refractivity contribution in [2.45, 2.75) is 113 Å². The van der Waals surface area contributed by atoms with E-state index < -0.39 is 0 Å². The standard InChI is InChI=1S/C35H48N4/c1-9-22-20-36-30(24(22)11-3)17-32-26(13-5)28(15-7)34(38-32)19-35-29(16-8)27(14-6)33(39-35)18-31-25(12-4)23(10-2)21-37-31/h17-18,20-21,38-39H,9-16,19H2,1-8H3/p+2/b30-17-,31-18-. The normalized spacial score (nSPS) is 17.3. The molecule has 0 fully saturated rings. The predicted octanol–water partition coefficient (Wildman–Crippen LogP) is 5.43. The van der Waals surface area contributed by atoms with Gasteiger partial charge in [0, 0.05) is 63.6 Å². The van der Waals surface area contributed by atoms with Crippen LogP contribution in [-0.4, -0.2) is 22.4 Å². The largest absolute Gasteiger partial charge is 0.358 e. The van der Waals surface area contributed by atoms with Crippen molar-refractivity contribution >= 4 is 24.6 Å². The zero-order chi connectivity index (χ0) is 28.1. The van der Waals surface area contributed by atoms with Crippen molar-refractivity contribution in [3.8, 4) is 0 Å². The van der Waals surface area contributed by atoms with E-state index in [1.54, 1.807) is 0 Å². The lowest BCUT2D eigenvalue weighted by Gasteiger charge is -2.06. The van der Waals surface area contributed by atoms with Gasteiger partial charge in [-0.3, -0.25) is 0 Å². The zero-order valence-electron chi connectivity index (χ0n) is 25.7. The molecule has 0 aromatic carbocycles. The van der Waals surface area contributed by atoms with Crippen LogP contribution in [0.3, 0.4) is 0 Å². The van der Waals surface area contributed by atoms with Gasteiger partial charge in [0.25, 0.3) is 0 Å². The van der Waals surface area contributed by atoms with Gasteiger partial charge in [0.15, 0.2) is 12.4 Å². The number of hydrogen-bond acceptors (Lipinski definition) is 0. The Hall–Kier alpha value is -3.14. The number of aromatic nitrogens is 2. The van der Waals surface area contributed by atoms with Gasteiger partial charge in [0.1, 0.15) is 0 Å². The van der Waals surface area contributed by atoms with E-state index in [4.69, 9.17) is 0 Å². The van der Waals surface area contributed by atoms with E-state index in [9.17, 15) is 0 Å². The van der Waals surface area contributed by atoms with Crippen molar-refractivity contribution in [1.82, 2.24) is 9.97 Å². The lowest BCUT2D eigenvalue weighted by Crippen LogP contribution is -2.64. The summed E-state index contributed by atoms with van der Waals surface area (Å²) in [4.78, 5) is 14.9. The van der Waals surface area contributed by atoms with Crippen molar-refractivity contribution in [1.29, 1.82) is 0 Å². The first kappa shape index (κ1) is 28.9. The first-order chi connectivity index (χ1) is 19.0. The van der Waals surface area contributed by atoms with Gasteiger partial charge < -0.3 is 9.97 Å². The topological polar surface area (TPSA) is 59.5 Å². The number of H-pyrrole nitrogens is 2. The highest BCUT2D eigenvalue weighted by atomic mass is 14.8. The SMILES string of the molecule is CCC1=C(CC)/C(=C/c2[nH]c(Cc3[nH]c(/C=C4\[NH+]=CC(CC)=C4CC)c(CC)c3CC)c(CC)c2CC)[NH+]=C1. The third kappa shape index (κ3) is 5.48. The molecule has 4 rings (SSSR count). The van der Waals surface area contributed by atoms with Crippen molar-refractivity contribution in [3.05, 3.63) is 78.7 Å². The summed E-state index contributed by atoms with van der Waals surface area (Å²) in [6.07, 6.45) is 18.4. The van der Waals surface area contributed by atoms with E-state index in [0.29, 0.717) is 0 Å². The molecule has 4 N–H and O–H groups in total. The van der Waals surface area contributed by atoms with Gasteiger partial charge in [-0.1, -0.05) is 55.4 Å². The molecule has 4 nitrogen and oxygen atoms in total. The quantitative estimate of drug-likeness (QED) is 0.285. The Bertz CT molecular complexity index is 1290. The summed E-state index contributed by atoms with van der Waals surface area (Å²) in [6.45, 7) is 18.2. The Kier molecular flexibility index (Phi) is 9.48. The van der Waals surface area contributed by atoms with Gasteiger partial charge >= 0.3 is 0 Å². The fraction of sp³-hybridized carbons (Fsp3) is 0.486. The summed E-state index contributed by atoms with van der Waals surface area (Å²) in [5.74, 6) is 0. The second kappa shape index (κ2) is 12.8. The Labute approximate surface area is 236 Å². The number of nitrogens with one attached hydrogen (secondary N) is 4. The maximum Gasteiger partial charge on any atom is 0.209 e.